The smallest absolute Gasteiger partial charge is 0.271 e. The van der Waals surface area contributed by atoms with Crippen LogP contribution < -0.4 is 36.1 Å². The van der Waals surface area contributed by atoms with E-state index in [9.17, 15) is 44.6 Å². The topological polar surface area (TPSA) is 220 Å². The summed E-state index contributed by atoms with van der Waals surface area (Å²) in [4.78, 5) is 92.0. The Balaban J connectivity index is 0.000000157. The Morgan fingerprint density at radius 2 is 1.00 bits per heavy atom. The summed E-state index contributed by atoms with van der Waals surface area (Å²) in [5.41, 5.74) is 4.65. The molecule has 20 nitrogen and oxygen atoms in total. The van der Waals surface area contributed by atoms with Crippen LogP contribution >= 0.6 is 57.7 Å². The summed E-state index contributed by atoms with van der Waals surface area (Å²) in [6.07, 6.45) is 0. The number of likely N-dealkylation sites (N-methyl/N-ethyl adjacent to an activating group) is 1. The number of hydrogen-bond acceptors (Lipinski definition) is 15. The molecule has 3 aliphatic rings. The van der Waals surface area contributed by atoms with E-state index in [1.807, 2.05) is 81.5 Å². The first-order valence-electron chi connectivity index (χ1n) is 31.1. The van der Waals surface area contributed by atoms with Crippen LogP contribution in [-0.4, -0.2) is 157 Å². The Bertz CT molecular complexity index is 4760. The van der Waals surface area contributed by atoms with E-state index in [4.69, 9.17) is 51.1 Å². The molecule has 4 aromatic heterocycles. The number of anilines is 3. The van der Waals surface area contributed by atoms with Crippen LogP contribution in [0.1, 0.15) is 60.9 Å². The highest BCUT2D eigenvalue weighted by atomic mass is 35.5. The highest BCUT2D eigenvalue weighted by molar-refractivity contribution is 7.12. The Morgan fingerprint density at radius 3 is 1.50 bits per heavy atom. The van der Waals surface area contributed by atoms with Gasteiger partial charge in [0.25, 0.3) is 34.4 Å². The number of carbonyl (C=O) groups is 3. The van der Waals surface area contributed by atoms with Crippen LogP contribution in [-0.2, 0) is 20.1 Å². The number of thiophene rings is 1. The van der Waals surface area contributed by atoms with E-state index in [1.54, 1.807) is 106 Å². The highest BCUT2D eigenvalue weighted by Crippen LogP contribution is 2.35. The fourth-order valence-corrected chi connectivity index (χ4v) is 13.7. The molecular weight excluding hydrogens is 1320 g/mol. The van der Waals surface area contributed by atoms with Crippen molar-refractivity contribution >= 4 is 125 Å². The number of piperazine rings is 3. The molecule has 3 amide bonds. The molecule has 0 radical (unpaired) electrons. The zero-order valence-electron chi connectivity index (χ0n) is 53.8. The number of hydrogen-bond donors (Lipinski definition) is 0. The van der Waals surface area contributed by atoms with Crippen LogP contribution in [0.3, 0.4) is 0 Å². The summed E-state index contributed by atoms with van der Waals surface area (Å²) in [6.45, 7) is 11.8. The molecule has 0 bridgehead atoms. The maximum Gasteiger partial charge on any atom is 0.271 e. The quantitative estimate of drug-likeness (QED) is 0.111. The molecule has 0 saturated carbocycles. The fourth-order valence-electron chi connectivity index (χ4n) is 12.3. The predicted octanol–water partition coefficient (Wildman–Crippen LogP) is 10.9. The average molecular weight is 1390 g/mol. The number of aryl methyl sites for hydroxylation is 1. The van der Waals surface area contributed by atoms with Gasteiger partial charge >= 0.3 is 0 Å². The van der Waals surface area contributed by atoms with Gasteiger partial charge in [0.2, 0.25) is 0 Å². The van der Waals surface area contributed by atoms with Crippen molar-refractivity contribution in [3.63, 3.8) is 0 Å². The summed E-state index contributed by atoms with van der Waals surface area (Å²) in [7, 11) is 7.10. The van der Waals surface area contributed by atoms with Crippen molar-refractivity contribution < 1.29 is 19.1 Å². The van der Waals surface area contributed by atoms with Crippen LogP contribution in [0.25, 0.3) is 32.7 Å². The van der Waals surface area contributed by atoms with Gasteiger partial charge in [0.05, 0.1) is 55.6 Å². The Kier molecular flexibility index (Phi) is 22.1. The van der Waals surface area contributed by atoms with E-state index in [-0.39, 0.29) is 57.0 Å². The molecule has 9 aromatic rings. The Hall–Kier alpha value is -9.37. The van der Waals surface area contributed by atoms with Crippen LogP contribution in [0, 0.1) is 39.9 Å². The van der Waals surface area contributed by atoms with Gasteiger partial charge in [-0.1, -0.05) is 84.5 Å². The number of para-hydroxylation sites is 1. The molecule has 96 heavy (non-hydrogen) atoms. The van der Waals surface area contributed by atoms with Gasteiger partial charge in [0.15, 0.2) is 0 Å². The van der Waals surface area contributed by atoms with Crippen molar-refractivity contribution in [2.45, 2.75) is 26.9 Å². The highest BCUT2D eigenvalue weighted by Gasteiger charge is 2.31. The molecule has 3 fully saturated rings. The van der Waals surface area contributed by atoms with Gasteiger partial charge in [-0.15, -0.1) is 11.3 Å². The minimum absolute atomic E-state index is 0.0439. The monoisotopic (exact) mass is 1390 g/mol. The third-order valence-corrected chi connectivity index (χ3v) is 19.3. The molecule has 0 atom stereocenters. The van der Waals surface area contributed by atoms with E-state index >= 15 is 0 Å². The number of aromatic nitrogens is 3. The second kappa shape index (κ2) is 30.6. The summed E-state index contributed by atoms with van der Waals surface area (Å²) in [6, 6.07) is 40.4. The van der Waals surface area contributed by atoms with Crippen LogP contribution in [0.5, 0.6) is 5.75 Å². The number of ether oxygens (including phenoxy) is 1. The van der Waals surface area contributed by atoms with E-state index in [1.165, 1.54) is 15.9 Å². The second-order valence-electron chi connectivity index (χ2n) is 24.0. The number of halogens is 4. The van der Waals surface area contributed by atoms with Gasteiger partial charge in [-0.05, 0) is 116 Å². The molecule has 0 N–H and O–H groups in total. The molecule has 5 aromatic carbocycles. The van der Waals surface area contributed by atoms with Gasteiger partial charge in [-0.25, -0.2) is 0 Å². The number of fused-ring (bicyclic) bond motifs is 3. The third kappa shape index (κ3) is 14.7. The molecule has 494 valence electrons. The maximum absolute atomic E-state index is 13.4. The molecule has 7 heterocycles. The second-order valence-corrected chi connectivity index (χ2v) is 26.6. The molecule has 3 aliphatic heterocycles. The largest absolute Gasteiger partial charge is 0.497 e. The molecule has 0 aliphatic carbocycles. The van der Waals surface area contributed by atoms with Crippen LogP contribution in [0.15, 0.2) is 135 Å². The van der Waals surface area contributed by atoms with Crippen LogP contribution in [0.4, 0.5) is 17.1 Å². The number of nitrogens with zero attached hydrogens (tertiary/aromatic N) is 13. The van der Waals surface area contributed by atoms with E-state index < -0.39 is 0 Å². The van der Waals surface area contributed by atoms with Gasteiger partial charge in [-0.2, -0.15) is 15.8 Å². The van der Waals surface area contributed by atoms with Crippen molar-refractivity contribution in [3.05, 3.63) is 204 Å². The van der Waals surface area contributed by atoms with Crippen molar-refractivity contribution in [3.8, 4) is 24.0 Å². The number of methoxy groups -OCH3 is 1. The molecular formula is C71H69Cl4N13O7S. The van der Waals surface area contributed by atoms with E-state index in [0.717, 1.165) is 32.1 Å². The molecule has 3 saturated heterocycles. The number of rotatable bonds is 12. The summed E-state index contributed by atoms with van der Waals surface area (Å²) in [5, 5.41) is 35.6. The summed E-state index contributed by atoms with van der Waals surface area (Å²) < 4.78 is 9.97. The van der Waals surface area contributed by atoms with Gasteiger partial charge in [0, 0.05) is 143 Å². The van der Waals surface area contributed by atoms with Gasteiger partial charge < -0.3 is 52.7 Å². The standard InChI is InChI=1S/C25H24Cl3N5O2.C23H21ClN4O3.C23H24N4O2S/c1-30(2)7-12-33-22-6-4-17(26)14-18(22)23(19(15-29)25(33)35)31-8-10-32(11-9-31)24(34)16-3-5-20(27)21(28)13-16;1-26-20-8-5-16(24)13-18(20)21(19(14-25)23(26)30)27-9-11-28(12-10-27)22(29)15-3-6-17(31-2)7-4-15;1-16(2)15-27-19-7-4-3-6-17(19)21(18(14-24)22(27)28)25-9-11-26(12-10-25)23(29)20-8-5-13-30-20/h3-6,13-14H,7-12H2,1-2H3;3-8,13H,9-12H2,1-2H3;3-8,13,16H,9-12,15H2,1-2H3. The van der Waals surface area contributed by atoms with Gasteiger partial charge in [-0.3, -0.25) is 28.8 Å². The number of amides is 3. The summed E-state index contributed by atoms with van der Waals surface area (Å²) >= 11 is 26.1. The van der Waals surface area contributed by atoms with Crippen molar-refractivity contribution in [1.82, 2.24) is 33.3 Å². The van der Waals surface area contributed by atoms with E-state index in [0.29, 0.717) is 158 Å². The van der Waals surface area contributed by atoms with E-state index in [2.05, 4.69) is 37.0 Å². The molecule has 0 unspecified atom stereocenters. The molecule has 12 rings (SSSR count). The number of benzene rings is 5. The predicted molar refractivity (Wildman–Crippen MR) is 381 cm³/mol. The lowest BCUT2D eigenvalue weighted by Gasteiger charge is -2.37. The lowest BCUT2D eigenvalue weighted by atomic mass is 10.1. The SMILES string of the molecule is CC(C)Cn1c(=O)c(C#N)c(N2CCN(C(=O)c3cccs3)CC2)c2ccccc21.CN(C)CCn1c(=O)c(C#N)c(N2CCN(C(=O)c3ccc(Cl)c(Cl)c3)CC2)c2cc(Cl)ccc21.COc1ccc(C(=O)N2CCN(c3c(C#N)c(=O)n(C)c4ccc(Cl)cc34)CC2)cc1. The van der Waals surface area contributed by atoms with Crippen molar-refractivity contribution in [2.24, 2.45) is 13.0 Å². The zero-order chi connectivity index (χ0) is 68.6. The first-order chi connectivity index (χ1) is 46.2. The maximum atomic E-state index is 13.4. The lowest BCUT2D eigenvalue weighted by molar-refractivity contribution is 0.0739. The minimum atomic E-state index is -0.343. The third-order valence-electron chi connectivity index (χ3n) is 17.2. The fraction of sp³-hybridized carbons (Fsp3) is 0.310. The Morgan fingerprint density at radius 1 is 0.531 bits per heavy atom. The number of pyridine rings is 3. The summed E-state index contributed by atoms with van der Waals surface area (Å²) in [5.74, 6) is 0.828. The first kappa shape index (κ1) is 69.5. The molecule has 0 spiro atoms. The van der Waals surface area contributed by atoms with Crippen molar-refractivity contribution in [2.75, 3.05) is 121 Å². The normalized spacial score (nSPS) is 14.1. The molecule has 25 heteroatoms. The van der Waals surface area contributed by atoms with Gasteiger partial charge in [0.1, 0.15) is 40.6 Å². The number of nitriles is 3. The average Bonchev–Trinajstić information content (AvgIpc) is 0.846. The first-order valence-corrected chi connectivity index (χ1v) is 33.5. The Labute approximate surface area is 579 Å². The van der Waals surface area contributed by atoms with Crippen molar-refractivity contribution in [1.29, 1.82) is 15.8 Å². The zero-order valence-corrected chi connectivity index (χ0v) is 57.7. The number of carbonyl (C=O) groups excluding carboxylic acids is 3. The minimum Gasteiger partial charge on any atom is -0.497 e. The van der Waals surface area contributed by atoms with Crippen LogP contribution in [0.2, 0.25) is 20.1 Å². The lowest BCUT2D eigenvalue weighted by Crippen LogP contribution is -2.49.